The van der Waals surface area contributed by atoms with Crippen LogP contribution < -0.4 is 5.32 Å². The van der Waals surface area contributed by atoms with Crippen molar-refractivity contribution in [3.05, 3.63) is 64.4 Å². The van der Waals surface area contributed by atoms with E-state index in [0.29, 0.717) is 42.4 Å². The summed E-state index contributed by atoms with van der Waals surface area (Å²) in [5, 5.41) is 3.64. The van der Waals surface area contributed by atoms with Gasteiger partial charge in [0, 0.05) is 36.7 Å². The summed E-state index contributed by atoms with van der Waals surface area (Å²) >= 11 is 5.93. The van der Waals surface area contributed by atoms with Crippen LogP contribution in [-0.2, 0) is 16.0 Å². The van der Waals surface area contributed by atoms with E-state index < -0.39 is 29.5 Å². The molecular weight excluding hydrogens is 430 g/mol. The summed E-state index contributed by atoms with van der Waals surface area (Å²) < 4.78 is 33.7. The van der Waals surface area contributed by atoms with E-state index in [2.05, 4.69) is 15.3 Å². The summed E-state index contributed by atoms with van der Waals surface area (Å²) in [6.07, 6.45) is 1.11. The van der Waals surface area contributed by atoms with Crippen molar-refractivity contribution in [1.29, 1.82) is 0 Å². The largest absolute Gasteiger partial charge is 0.378 e. The zero-order chi connectivity index (χ0) is 22.0. The Morgan fingerprint density at radius 2 is 1.94 bits per heavy atom. The predicted molar refractivity (Wildman–Crippen MR) is 110 cm³/mol. The first-order chi connectivity index (χ1) is 14.9. The molecule has 10 heteroatoms. The number of hydrogen-bond acceptors (Lipinski definition) is 4. The molecule has 1 aliphatic rings. The molecule has 1 aliphatic heterocycles. The number of fused-ring (bicyclic) bond motifs is 1. The zero-order valence-electron chi connectivity index (χ0n) is 16.3. The highest BCUT2D eigenvalue weighted by molar-refractivity contribution is 6.31. The fourth-order valence-electron chi connectivity index (χ4n) is 3.48. The number of ether oxygens (including phenoxy) is 1. The van der Waals surface area contributed by atoms with E-state index >= 15 is 0 Å². The van der Waals surface area contributed by atoms with Crippen LogP contribution in [0, 0.1) is 11.6 Å². The Hall–Kier alpha value is -3.04. The number of rotatable bonds is 5. The normalized spacial score (nSPS) is 15.1. The van der Waals surface area contributed by atoms with Gasteiger partial charge in [-0.2, -0.15) is 0 Å². The van der Waals surface area contributed by atoms with Crippen molar-refractivity contribution in [2.45, 2.75) is 12.5 Å². The molecule has 1 fully saturated rings. The molecule has 1 atom stereocenters. The van der Waals surface area contributed by atoms with Gasteiger partial charge in [-0.3, -0.25) is 9.59 Å². The number of carbonyl (C=O) groups excluding carboxylic acids is 2. The van der Waals surface area contributed by atoms with Crippen molar-refractivity contribution < 1.29 is 23.1 Å². The first-order valence-electron chi connectivity index (χ1n) is 9.67. The highest BCUT2D eigenvalue weighted by Gasteiger charge is 2.30. The fourth-order valence-corrected chi connectivity index (χ4v) is 3.65. The number of nitrogens with zero attached hydrogens (tertiary/aromatic N) is 2. The molecule has 1 aromatic carbocycles. The zero-order valence-corrected chi connectivity index (χ0v) is 17.1. The van der Waals surface area contributed by atoms with Gasteiger partial charge in [0.2, 0.25) is 5.91 Å². The van der Waals surface area contributed by atoms with Gasteiger partial charge in [-0.1, -0.05) is 17.7 Å². The van der Waals surface area contributed by atoms with E-state index in [-0.39, 0.29) is 17.7 Å². The van der Waals surface area contributed by atoms with Crippen LogP contribution in [0.25, 0.3) is 11.0 Å². The number of hydrogen-bond donors (Lipinski definition) is 2. The van der Waals surface area contributed by atoms with Crippen LogP contribution in [0.3, 0.4) is 0 Å². The van der Waals surface area contributed by atoms with Crippen LogP contribution in [0.1, 0.15) is 16.1 Å². The number of morpholine rings is 1. The predicted octanol–water partition coefficient (Wildman–Crippen LogP) is 2.69. The Balaban J connectivity index is 1.60. The van der Waals surface area contributed by atoms with Gasteiger partial charge in [-0.15, -0.1) is 0 Å². The first kappa shape index (κ1) is 21.2. The van der Waals surface area contributed by atoms with Crippen molar-refractivity contribution in [3.8, 4) is 0 Å². The standard InChI is InChI=1S/C21H19ClF2N4O3/c22-13-8-12-9-17(26-19(12)25-11-13)20(29)27-18(21(30)28-4-6-31-7-5-28)10-14-15(23)2-1-3-16(14)24/h1-3,8-9,11,18H,4-7,10H2,(H,25,26)(H,27,29)/t18-/m0/s1. The minimum Gasteiger partial charge on any atom is -0.378 e. The molecule has 4 rings (SSSR count). The van der Waals surface area contributed by atoms with Crippen molar-refractivity contribution in [1.82, 2.24) is 20.2 Å². The SMILES string of the molecule is O=C(N[C@@H](Cc1c(F)cccc1F)C(=O)N1CCOCC1)c1cc2cc(Cl)cnc2[nH]1. The Kier molecular flexibility index (Phi) is 6.15. The topological polar surface area (TPSA) is 87.3 Å². The number of benzene rings is 1. The van der Waals surface area contributed by atoms with E-state index in [1.807, 2.05) is 0 Å². The van der Waals surface area contributed by atoms with E-state index in [4.69, 9.17) is 16.3 Å². The summed E-state index contributed by atoms with van der Waals surface area (Å²) in [6.45, 7) is 1.38. The summed E-state index contributed by atoms with van der Waals surface area (Å²) in [5.41, 5.74) is 0.337. The van der Waals surface area contributed by atoms with Crippen LogP contribution in [0.4, 0.5) is 8.78 Å². The molecule has 0 unspecified atom stereocenters. The third kappa shape index (κ3) is 4.67. The molecule has 162 valence electrons. The van der Waals surface area contributed by atoms with Crippen molar-refractivity contribution in [3.63, 3.8) is 0 Å². The lowest BCUT2D eigenvalue weighted by Gasteiger charge is -2.30. The Morgan fingerprint density at radius 1 is 1.23 bits per heavy atom. The minimum atomic E-state index is -1.17. The molecule has 2 amide bonds. The highest BCUT2D eigenvalue weighted by atomic mass is 35.5. The van der Waals surface area contributed by atoms with E-state index in [1.54, 1.807) is 12.1 Å². The smallest absolute Gasteiger partial charge is 0.268 e. The minimum absolute atomic E-state index is 0.151. The van der Waals surface area contributed by atoms with Crippen LogP contribution in [0.2, 0.25) is 5.02 Å². The first-order valence-corrected chi connectivity index (χ1v) is 10.0. The summed E-state index contributed by atoms with van der Waals surface area (Å²) in [5.74, 6) is -2.59. The summed E-state index contributed by atoms with van der Waals surface area (Å²) in [6, 6.07) is 5.49. The molecule has 0 spiro atoms. The lowest BCUT2D eigenvalue weighted by atomic mass is 10.0. The summed E-state index contributed by atoms with van der Waals surface area (Å²) in [7, 11) is 0. The van der Waals surface area contributed by atoms with Crippen LogP contribution in [-0.4, -0.2) is 59.0 Å². The van der Waals surface area contributed by atoms with Gasteiger partial charge in [0.15, 0.2) is 0 Å². The third-order valence-corrected chi connectivity index (χ3v) is 5.28. The van der Waals surface area contributed by atoms with Gasteiger partial charge in [-0.25, -0.2) is 13.8 Å². The maximum Gasteiger partial charge on any atom is 0.268 e. The number of halogens is 3. The Bertz CT molecular complexity index is 1110. The molecule has 7 nitrogen and oxygen atoms in total. The second-order valence-corrected chi connectivity index (χ2v) is 7.58. The Labute approximate surface area is 181 Å². The second kappa shape index (κ2) is 8.99. The highest BCUT2D eigenvalue weighted by Crippen LogP contribution is 2.19. The maximum absolute atomic E-state index is 14.2. The lowest BCUT2D eigenvalue weighted by Crippen LogP contribution is -2.52. The van der Waals surface area contributed by atoms with Crippen LogP contribution in [0.15, 0.2) is 36.5 Å². The second-order valence-electron chi connectivity index (χ2n) is 7.14. The van der Waals surface area contributed by atoms with Crippen molar-refractivity contribution in [2.24, 2.45) is 0 Å². The molecule has 0 aliphatic carbocycles. The molecular formula is C21H19ClF2N4O3. The van der Waals surface area contributed by atoms with Gasteiger partial charge in [-0.05, 0) is 24.3 Å². The van der Waals surface area contributed by atoms with Gasteiger partial charge < -0.3 is 19.9 Å². The maximum atomic E-state index is 14.2. The molecule has 2 aromatic heterocycles. The molecule has 1 saturated heterocycles. The number of carbonyl (C=O) groups is 2. The number of aromatic nitrogens is 2. The molecule has 0 radical (unpaired) electrons. The van der Waals surface area contributed by atoms with Gasteiger partial charge >= 0.3 is 0 Å². The van der Waals surface area contributed by atoms with Gasteiger partial charge in [0.25, 0.3) is 5.91 Å². The van der Waals surface area contributed by atoms with Gasteiger partial charge in [0.1, 0.15) is 29.0 Å². The summed E-state index contributed by atoms with van der Waals surface area (Å²) in [4.78, 5) is 34.4. The van der Waals surface area contributed by atoms with E-state index in [0.717, 1.165) is 12.1 Å². The van der Waals surface area contributed by atoms with E-state index in [9.17, 15) is 18.4 Å². The average molecular weight is 449 g/mol. The number of amides is 2. The average Bonchev–Trinajstić information content (AvgIpc) is 3.19. The molecule has 2 N–H and O–H groups in total. The van der Waals surface area contributed by atoms with Crippen LogP contribution >= 0.6 is 11.6 Å². The Morgan fingerprint density at radius 3 is 2.65 bits per heavy atom. The molecule has 0 bridgehead atoms. The monoisotopic (exact) mass is 448 g/mol. The number of H-pyrrole nitrogens is 1. The number of nitrogens with one attached hydrogen (secondary N) is 2. The number of aromatic amines is 1. The van der Waals surface area contributed by atoms with E-state index in [1.165, 1.54) is 17.2 Å². The lowest BCUT2D eigenvalue weighted by molar-refractivity contribution is -0.137. The van der Waals surface area contributed by atoms with Gasteiger partial charge in [0.05, 0.1) is 18.2 Å². The van der Waals surface area contributed by atoms with Crippen molar-refractivity contribution >= 4 is 34.4 Å². The van der Waals surface area contributed by atoms with Crippen molar-refractivity contribution in [2.75, 3.05) is 26.3 Å². The third-order valence-electron chi connectivity index (χ3n) is 5.08. The molecule has 0 saturated carbocycles. The molecule has 3 aromatic rings. The number of pyridine rings is 1. The molecule has 3 heterocycles. The quantitative estimate of drug-likeness (QED) is 0.628. The van der Waals surface area contributed by atoms with Crippen LogP contribution in [0.5, 0.6) is 0 Å². The fraction of sp³-hybridized carbons (Fsp3) is 0.286. The molecule has 31 heavy (non-hydrogen) atoms.